The van der Waals surface area contributed by atoms with Crippen molar-refractivity contribution in [3.63, 3.8) is 0 Å². The van der Waals surface area contributed by atoms with Gasteiger partial charge in [-0.05, 0) is 70.7 Å². The number of rotatable bonds is 5. The summed E-state index contributed by atoms with van der Waals surface area (Å²) < 4.78 is 11.1. The number of hydrogen-bond donors (Lipinski definition) is 1. The molecule has 2 aliphatic heterocycles. The fourth-order valence-corrected chi connectivity index (χ4v) is 4.15. The predicted octanol–water partition coefficient (Wildman–Crippen LogP) is 2.43. The van der Waals surface area contributed by atoms with Crippen LogP contribution in [0.2, 0.25) is 0 Å². The van der Waals surface area contributed by atoms with Gasteiger partial charge in [-0.1, -0.05) is 11.8 Å². The van der Waals surface area contributed by atoms with Crippen LogP contribution in [0, 0.1) is 24.7 Å². The maximum absolute atomic E-state index is 12.9. The molecular formula is C27H33N3O7. The molecule has 10 nitrogen and oxygen atoms in total. The van der Waals surface area contributed by atoms with E-state index in [4.69, 9.17) is 9.47 Å². The summed E-state index contributed by atoms with van der Waals surface area (Å²) in [5.74, 6) is 5.20. The Bertz CT molecular complexity index is 1120. The fourth-order valence-electron chi connectivity index (χ4n) is 4.15. The molecule has 1 aromatic rings. The van der Waals surface area contributed by atoms with Crippen molar-refractivity contribution in [1.82, 2.24) is 15.1 Å². The fraction of sp³-hybridized carbons (Fsp3) is 0.519. The van der Waals surface area contributed by atoms with E-state index in [1.807, 2.05) is 20.8 Å². The molecule has 1 aromatic carbocycles. The Balaban J connectivity index is 1.51. The topological polar surface area (TPSA) is 122 Å². The van der Waals surface area contributed by atoms with E-state index in [-0.39, 0.29) is 37.0 Å². The first-order chi connectivity index (χ1) is 17.5. The van der Waals surface area contributed by atoms with Crippen LogP contribution in [0.25, 0.3) is 0 Å². The quantitative estimate of drug-likeness (QED) is 0.366. The van der Waals surface area contributed by atoms with E-state index in [0.717, 1.165) is 17.7 Å². The number of nitrogens with zero attached hydrogens (tertiary/aromatic N) is 2. The number of amides is 5. The molecule has 2 aliphatic rings. The SMILES string of the molecule is Cc1cc(OCC#CC2CCN(C(=O)OC(C)(C)C)CC2)ccc1C(=O)N(C=O)C1CCC(=O)NC1=O. The number of carbonyl (C=O) groups is 5. The molecule has 1 atom stereocenters. The Morgan fingerprint density at radius 3 is 2.49 bits per heavy atom. The molecule has 10 heteroatoms. The highest BCUT2D eigenvalue weighted by molar-refractivity contribution is 6.07. The van der Waals surface area contributed by atoms with Crippen LogP contribution in [0.15, 0.2) is 18.2 Å². The third kappa shape index (κ3) is 7.56. The van der Waals surface area contributed by atoms with Crippen molar-refractivity contribution in [2.24, 2.45) is 5.92 Å². The van der Waals surface area contributed by atoms with E-state index in [0.29, 0.717) is 30.8 Å². The summed E-state index contributed by atoms with van der Waals surface area (Å²) >= 11 is 0. The van der Waals surface area contributed by atoms with Gasteiger partial charge in [0.25, 0.3) is 5.91 Å². The van der Waals surface area contributed by atoms with Crippen LogP contribution in [-0.2, 0) is 19.1 Å². The van der Waals surface area contributed by atoms with Crippen LogP contribution in [0.3, 0.4) is 0 Å². The molecule has 2 saturated heterocycles. The van der Waals surface area contributed by atoms with Crippen LogP contribution < -0.4 is 10.1 Å². The second-order valence-electron chi connectivity index (χ2n) is 10.1. The highest BCUT2D eigenvalue weighted by Crippen LogP contribution is 2.22. The maximum atomic E-state index is 12.9. The first-order valence-electron chi connectivity index (χ1n) is 12.3. The van der Waals surface area contributed by atoms with Gasteiger partial charge in [-0.2, -0.15) is 0 Å². The Morgan fingerprint density at radius 2 is 1.89 bits per heavy atom. The number of ether oxygens (including phenoxy) is 2. The number of imide groups is 2. The summed E-state index contributed by atoms with van der Waals surface area (Å²) in [6.07, 6.45) is 1.70. The molecule has 0 saturated carbocycles. The number of benzene rings is 1. The average Bonchev–Trinajstić information content (AvgIpc) is 2.83. The van der Waals surface area contributed by atoms with Gasteiger partial charge in [0.05, 0.1) is 0 Å². The first kappa shape index (κ1) is 27.7. The third-order valence-corrected chi connectivity index (χ3v) is 6.09. The first-order valence-corrected chi connectivity index (χ1v) is 12.3. The highest BCUT2D eigenvalue weighted by Gasteiger charge is 2.35. The molecule has 1 N–H and O–H groups in total. The lowest BCUT2D eigenvalue weighted by Crippen LogP contribution is -2.53. The second-order valence-corrected chi connectivity index (χ2v) is 10.1. The molecule has 0 aromatic heterocycles. The number of hydrogen-bond acceptors (Lipinski definition) is 7. The number of nitrogens with one attached hydrogen (secondary N) is 1. The predicted molar refractivity (Wildman–Crippen MR) is 133 cm³/mol. The van der Waals surface area contributed by atoms with Gasteiger partial charge in [-0.3, -0.25) is 29.4 Å². The van der Waals surface area contributed by atoms with Crippen LogP contribution in [0.5, 0.6) is 5.75 Å². The van der Waals surface area contributed by atoms with Crippen LogP contribution in [-0.4, -0.2) is 71.4 Å². The van der Waals surface area contributed by atoms with E-state index in [1.54, 1.807) is 24.0 Å². The van der Waals surface area contributed by atoms with Gasteiger partial charge < -0.3 is 14.4 Å². The molecule has 2 heterocycles. The van der Waals surface area contributed by atoms with E-state index in [2.05, 4.69) is 17.2 Å². The largest absolute Gasteiger partial charge is 0.481 e. The molecule has 0 aliphatic carbocycles. The second kappa shape index (κ2) is 11.9. The summed E-state index contributed by atoms with van der Waals surface area (Å²) in [5.41, 5.74) is 0.312. The minimum atomic E-state index is -1.02. The Morgan fingerprint density at radius 1 is 1.19 bits per heavy atom. The molecule has 0 spiro atoms. The molecule has 5 amide bonds. The highest BCUT2D eigenvalue weighted by atomic mass is 16.6. The number of aryl methyl sites for hydroxylation is 1. The lowest BCUT2D eigenvalue weighted by Gasteiger charge is -2.31. The lowest BCUT2D eigenvalue weighted by molar-refractivity contribution is -0.139. The van der Waals surface area contributed by atoms with Gasteiger partial charge in [0.2, 0.25) is 18.2 Å². The minimum absolute atomic E-state index is 0.0592. The van der Waals surface area contributed by atoms with Crippen molar-refractivity contribution < 1.29 is 33.4 Å². The van der Waals surface area contributed by atoms with Gasteiger partial charge in [0, 0.05) is 31.0 Å². The number of likely N-dealkylation sites (tertiary alicyclic amines) is 1. The van der Waals surface area contributed by atoms with E-state index in [9.17, 15) is 24.0 Å². The number of carbonyl (C=O) groups excluding carboxylic acids is 5. The summed E-state index contributed by atoms with van der Waals surface area (Å²) in [7, 11) is 0. The summed E-state index contributed by atoms with van der Waals surface area (Å²) in [6, 6.07) is 3.79. The molecule has 2 fully saturated rings. The summed E-state index contributed by atoms with van der Waals surface area (Å²) in [4.78, 5) is 62.7. The number of piperidine rings is 2. The molecule has 0 bridgehead atoms. The van der Waals surface area contributed by atoms with Gasteiger partial charge in [-0.15, -0.1) is 0 Å². The molecular weight excluding hydrogens is 478 g/mol. The van der Waals surface area contributed by atoms with Crippen molar-refractivity contribution in [3.05, 3.63) is 29.3 Å². The smallest absolute Gasteiger partial charge is 0.410 e. The zero-order valence-electron chi connectivity index (χ0n) is 21.7. The minimum Gasteiger partial charge on any atom is -0.481 e. The van der Waals surface area contributed by atoms with Crippen molar-refractivity contribution in [2.45, 2.75) is 65.0 Å². The van der Waals surface area contributed by atoms with Gasteiger partial charge in [0.15, 0.2) is 0 Å². The normalized spacial score (nSPS) is 18.3. The van der Waals surface area contributed by atoms with E-state index in [1.165, 1.54) is 6.07 Å². The third-order valence-electron chi connectivity index (χ3n) is 6.09. The van der Waals surface area contributed by atoms with Crippen molar-refractivity contribution in [1.29, 1.82) is 0 Å². The lowest BCUT2D eigenvalue weighted by atomic mass is 9.98. The summed E-state index contributed by atoms with van der Waals surface area (Å²) in [6.45, 7) is 8.60. The molecule has 198 valence electrons. The van der Waals surface area contributed by atoms with E-state index < -0.39 is 29.4 Å². The van der Waals surface area contributed by atoms with Crippen molar-refractivity contribution in [3.8, 4) is 17.6 Å². The summed E-state index contributed by atoms with van der Waals surface area (Å²) in [5, 5.41) is 2.16. The van der Waals surface area contributed by atoms with Gasteiger partial charge in [0.1, 0.15) is 24.0 Å². The van der Waals surface area contributed by atoms with Crippen molar-refractivity contribution >= 4 is 30.2 Å². The van der Waals surface area contributed by atoms with E-state index >= 15 is 0 Å². The maximum Gasteiger partial charge on any atom is 0.410 e. The van der Waals surface area contributed by atoms with Crippen LogP contribution >= 0.6 is 0 Å². The molecule has 0 radical (unpaired) electrons. The molecule has 1 unspecified atom stereocenters. The molecule has 37 heavy (non-hydrogen) atoms. The standard InChI is InChI=1S/C27H33N3O7/c1-18-16-20(7-8-21(18)25(34)30(17-31)22-9-10-23(32)28-24(22)33)36-15-5-6-19-11-13-29(14-12-19)26(35)37-27(2,3)4/h7-8,16-17,19,22H,9-15H2,1-4H3,(H,28,32,33). The van der Waals surface area contributed by atoms with Crippen LogP contribution in [0.4, 0.5) is 4.79 Å². The average molecular weight is 512 g/mol. The van der Waals surface area contributed by atoms with Gasteiger partial charge >= 0.3 is 6.09 Å². The monoisotopic (exact) mass is 511 g/mol. The Kier molecular flexibility index (Phi) is 8.92. The molecule has 3 rings (SSSR count). The van der Waals surface area contributed by atoms with Crippen molar-refractivity contribution in [2.75, 3.05) is 19.7 Å². The zero-order chi connectivity index (χ0) is 27.2. The van der Waals surface area contributed by atoms with Crippen LogP contribution in [0.1, 0.15) is 62.4 Å². The Hall–Kier alpha value is -3.87. The zero-order valence-corrected chi connectivity index (χ0v) is 21.7. The van der Waals surface area contributed by atoms with Gasteiger partial charge in [-0.25, -0.2) is 4.79 Å². The Labute approximate surface area is 216 Å².